The Morgan fingerprint density at radius 3 is 2.68 bits per heavy atom. The fourth-order valence-electron chi connectivity index (χ4n) is 2.73. The number of nitrogen functional groups attached to an aromatic ring is 1. The molecule has 0 bridgehead atoms. The highest BCUT2D eigenvalue weighted by molar-refractivity contribution is 7.98. The zero-order valence-electron chi connectivity index (χ0n) is 15.7. The van der Waals surface area contributed by atoms with Gasteiger partial charge in [-0.3, -0.25) is 0 Å². The van der Waals surface area contributed by atoms with Gasteiger partial charge in [-0.25, -0.2) is 9.50 Å². The summed E-state index contributed by atoms with van der Waals surface area (Å²) in [6, 6.07) is 9.86. The quantitative estimate of drug-likeness (QED) is 0.493. The molecule has 0 radical (unpaired) electrons. The summed E-state index contributed by atoms with van der Waals surface area (Å²) in [6.07, 6.45) is 0. The lowest BCUT2D eigenvalue weighted by molar-refractivity contribution is 0.842. The third-order valence-electron chi connectivity index (χ3n) is 4.02. The molecule has 0 amide bonds. The lowest BCUT2D eigenvalue weighted by atomic mass is 10.2. The molecule has 3 N–H and O–H groups in total. The molecule has 28 heavy (non-hydrogen) atoms. The van der Waals surface area contributed by atoms with Gasteiger partial charge in [0, 0.05) is 17.1 Å². The van der Waals surface area contributed by atoms with Crippen LogP contribution in [0, 0.1) is 20.8 Å². The van der Waals surface area contributed by atoms with Crippen molar-refractivity contribution < 1.29 is 0 Å². The average molecular weight is 393 g/mol. The number of hydrogen-bond acceptors (Lipinski definition) is 9. The first-order valence-electron chi connectivity index (χ1n) is 8.65. The lowest BCUT2D eigenvalue weighted by Gasteiger charge is -2.09. The number of para-hydroxylation sites is 1. The van der Waals surface area contributed by atoms with Gasteiger partial charge in [-0.2, -0.15) is 19.9 Å². The molecule has 10 heteroatoms. The molecular weight excluding hydrogens is 374 g/mol. The Balaban J connectivity index is 1.53. The smallest absolute Gasteiger partial charge is 0.253 e. The third kappa shape index (κ3) is 3.86. The van der Waals surface area contributed by atoms with Crippen LogP contribution in [0.4, 0.5) is 17.6 Å². The molecule has 0 fully saturated rings. The molecule has 9 nitrogen and oxygen atoms in total. The van der Waals surface area contributed by atoms with E-state index in [1.54, 1.807) is 4.52 Å². The molecule has 0 saturated heterocycles. The van der Waals surface area contributed by atoms with Crippen molar-refractivity contribution in [3.63, 3.8) is 0 Å². The van der Waals surface area contributed by atoms with Crippen molar-refractivity contribution in [1.82, 2.24) is 34.5 Å². The summed E-state index contributed by atoms with van der Waals surface area (Å²) < 4.78 is 1.72. The maximum atomic E-state index is 5.86. The van der Waals surface area contributed by atoms with Gasteiger partial charge in [-0.1, -0.05) is 30.0 Å². The minimum absolute atomic E-state index is 0.165. The SMILES string of the molecule is Cc1cc(C)n2nc(SCc3nc(N)nc(Nc4ccccc4C)n3)nc2n1. The Labute approximate surface area is 165 Å². The number of rotatable bonds is 5. The zero-order valence-corrected chi connectivity index (χ0v) is 16.5. The van der Waals surface area contributed by atoms with E-state index in [1.807, 2.05) is 51.1 Å². The molecule has 0 aliphatic rings. The van der Waals surface area contributed by atoms with Crippen LogP contribution in [0.2, 0.25) is 0 Å². The number of aryl methyl sites for hydroxylation is 3. The number of benzene rings is 1. The van der Waals surface area contributed by atoms with Crippen LogP contribution in [0.1, 0.15) is 22.8 Å². The summed E-state index contributed by atoms with van der Waals surface area (Å²) in [6.45, 7) is 5.92. The van der Waals surface area contributed by atoms with E-state index in [-0.39, 0.29) is 5.95 Å². The summed E-state index contributed by atoms with van der Waals surface area (Å²) in [5.41, 5.74) is 9.76. The maximum absolute atomic E-state index is 5.86. The lowest BCUT2D eigenvalue weighted by Crippen LogP contribution is -2.07. The molecule has 4 aromatic rings. The largest absolute Gasteiger partial charge is 0.368 e. The second-order valence-corrected chi connectivity index (χ2v) is 7.25. The topological polar surface area (TPSA) is 120 Å². The standard InChI is InChI=1S/C18H19N9S/c1-10-6-4-5-7-13(10)21-16-23-14(22-15(19)24-16)9-28-18-25-17-20-11(2)8-12(3)27(17)26-18/h4-8H,9H2,1-3H3,(H3,19,21,22,23,24). The molecule has 0 atom stereocenters. The number of anilines is 3. The van der Waals surface area contributed by atoms with Crippen molar-refractivity contribution in [2.75, 3.05) is 11.1 Å². The van der Waals surface area contributed by atoms with Crippen molar-refractivity contribution in [2.24, 2.45) is 0 Å². The van der Waals surface area contributed by atoms with Gasteiger partial charge < -0.3 is 11.1 Å². The van der Waals surface area contributed by atoms with Crippen LogP contribution < -0.4 is 11.1 Å². The van der Waals surface area contributed by atoms with Crippen LogP contribution >= 0.6 is 11.8 Å². The molecule has 4 rings (SSSR count). The van der Waals surface area contributed by atoms with Crippen LogP contribution in [0.5, 0.6) is 0 Å². The number of fused-ring (bicyclic) bond motifs is 1. The zero-order chi connectivity index (χ0) is 19.7. The van der Waals surface area contributed by atoms with Crippen molar-refractivity contribution in [3.8, 4) is 0 Å². The Bertz CT molecular complexity index is 1160. The first-order chi connectivity index (χ1) is 13.5. The predicted octanol–water partition coefficient (Wildman–Crippen LogP) is 2.85. The monoisotopic (exact) mass is 393 g/mol. The number of thioether (sulfide) groups is 1. The predicted molar refractivity (Wildman–Crippen MR) is 109 cm³/mol. The molecule has 0 aliphatic heterocycles. The highest BCUT2D eigenvalue weighted by Crippen LogP contribution is 2.21. The second kappa shape index (κ2) is 7.39. The molecule has 0 spiro atoms. The summed E-state index contributed by atoms with van der Waals surface area (Å²) in [7, 11) is 0. The van der Waals surface area contributed by atoms with E-state index in [9.17, 15) is 0 Å². The average Bonchev–Trinajstić information content (AvgIpc) is 3.05. The third-order valence-corrected chi connectivity index (χ3v) is 4.85. The van der Waals surface area contributed by atoms with Crippen LogP contribution in [-0.4, -0.2) is 34.5 Å². The van der Waals surface area contributed by atoms with Crippen molar-refractivity contribution in [3.05, 3.63) is 53.1 Å². The van der Waals surface area contributed by atoms with Crippen LogP contribution in [-0.2, 0) is 5.75 Å². The summed E-state index contributed by atoms with van der Waals surface area (Å²) >= 11 is 1.42. The molecule has 3 aromatic heterocycles. The Morgan fingerprint density at radius 1 is 1.04 bits per heavy atom. The van der Waals surface area contributed by atoms with Crippen molar-refractivity contribution >= 4 is 35.1 Å². The number of hydrogen-bond donors (Lipinski definition) is 2. The highest BCUT2D eigenvalue weighted by Gasteiger charge is 2.11. The first-order valence-corrected chi connectivity index (χ1v) is 9.63. The molecule has 142 valence electrons. The van der Waals surface area contributed by atoms with Crippen LogP contribution in [0.25, 0.3) is 5.78 Å². The molecule has 0 saturated carbocycles. The van der Waals surface area contributed by atoms with E-state index in [1.165, 1.54) is 11.8 Å². The summed E-state index contributed by atoms with van der Waals surface area (Å²) in [5, 5.41) is 8.28. The van der Waals surface area contributed by atoms with Gasteiger partial charge in [0.2, 0.25) is 17.1 Å². The number of nitrogens with two attached hydrogens (primary N) is 1. The van der Waals surface area contributed by atoms with Crippen molar-refractivity contribution in [1.29, 1.82) is 0 Å². The van der Waals surface area contributed by atoms with E-state index in [0.717, 1.165) is 22.6 Å². The second-order valence-electron chi connectivity index (χ2n) is 6.31. The van der Waals surface area contributed by atoms with E-state index in [2.05, 4.69) is 35.3 Å². The molecule has 0 aliphatic carbocycles. The van der Waals surface area contributed by atoms with Gasteiger partial charge in [-0.15, -0.1) is 5.10 Å². The van der Waals surface area contributed by atoms with Gasteiger partial charge in [0.05, 0.1) is 5.75 Å². The normalized spacial score (nSPS) is 11.1. The number of nitrogens with zero attached hydrogens (tertiary/aromatic N) is 7. The number of aromatic nitrogens is 7. The highest BCUT2D eigenvalue weighted by atomic mass is 32.2. The Kier molecular flexibility index (Phi) is 4.78. The Morgan fingerprint density at radius 2 is 1.86 bits per heavy atom. The summed E-state index contributed by atoms with van der Waals surface area (Å²) in [5.74, 6) is 2.17. The van der Waals surface area contributed by atoms with Gasteiger partial charge >= 0.3 is 0 Å². The molecule has 3 heterocycles. The maximum Gasteiger partial charge on any atom is 0.253 e. The fourth-order valence-corrected chi connectivity index (χ4v) is 3.40. The molecular formula is C18H19N9S. The van der Waals surface area contributed by atoms with Gasteiger partial charge in [0.1, 0.15) is 5.82 Å². The van der Waals surface area contributed by atoms with Gasteiger partial charge in [-0.05, 0) is 38.5 Å². The van der Waals surface area contributed by atoms with Gasteiger partial charge in [0.15, 0.2) is 0 Å². The minimum atomic E-state index is 0.165. The van der Waals surface area contributed by atoms with E-state index < -0.39 is 0 Å². The first kappa shape index (κ1) is 18.1. The van der Waals surface area contributed by atoms with E-state index in [0.29, 0.717) is 28.5 Å². The van der Waals surface area contributed by atoms with Gasteiger partial charge in [0.25, 0.3) is 5.78 Å². The molecule has 0 unspecified atom stereocenters. The Hall–Kier alpha value is -3.27. The fraction of sp³-hybridized carbons (Fsp3) is 0.222. The van der Waals surface area contributed by atoms with E-state index >= 15 is 0 Å². The van der Waals surface area contributed by atoms with Crippen LogP contribution in [0.15, 0.2) is 35.5 Å². The van der Waals surface area contributed by atoms with Crippen molar-refractivity contribution in [2.45, 2.75) is 31.7 Å². The minimum Gasteiger partial charge on any atom is -0.368 e. The number of nitrogens with one attached hydrogen (secondary N) is 1. The van der Waals surface area contributed by atoms with E-state index in [4.69, 9.17) is 5.73 Å². The van der Waals surface area contributed by atoms with Crippen LogP contribution in [0.3, 0.4) is 0 Å². The summed E-state index contributed by atoms with van der Waals surface area (Å²) in [4.78, 5) is 21.7. The molecule has 1 aromatic carbocycles.